The Morgan fingerprint density at radius 2 is 1.69 bits per heavy atom. The maximum absolute atomic E-state index is 4.91. The first kappa shape index (κ1) is 12.7. The van der Waals surface area contributed by atoms with E-state index < -0.39 is 0 Å². The molecule has 0 bridgehead atoms. The summed E-state index contributed by atoms with van der Waals surface area (Å²) in [4.78, 5) is 9.70. The number of hydrogen-bond acceptors (Lipinski definition) is 2. The predicted octanol–water partition coefficient (Wildman–Crippen LogP) is 3.48. The van der Waals surface area contributed by atoms with Gasteiger partial charge in [0.2, 0.25) is 0 Å². The van der Waals surface area contributed by atoms with Crippen molar-refractivity contribution in [3.05, 3.63) is 12.7 Å². The maximum atomic E-state index is 4.91. The van der Waals surface area contributed by atoms with Gasteiger partial charge in [0.25, 0.3) is 0 Å². The molecule has 0 N–H and O–H groups in total. The molecule has 13 heavy (non-hydrogen) atoms. The second kappa shape index (κ2) is 11.7. The van der Waals surface area contributed by atoms with Crippen molar-refractivity contribution in [2.75, 3.05) is 13.2 Å². The summed E-state index contributed by atoms with van der Waals surface area (Å²) in [7, 11) is 0. The monoisotopic (exact) mass is 186 g/mol. The van der Waals surface area contributed by atoms with E-state index in [1.807, 2.05) is 0 Å². The van der Waals surface area contributed by atoms with Gasteiger partial charge in [-0.05, 0) is 6.42 Å². The Hall–Kier alpha value is -0.340. The molecule has 2 nitrogen and oxygen atoms in total. The molecule has 0 spiro atoms. The zero-order valence-corrected chi connectivity index (χ0v) is 8.76. The molecular formula is C11H22O2. The lowest BCUT2D eigenvalue weighted by atomic mass is 10.1. The van der Waals surface area contributed by atoms with Crippen LogP contribution >= 0.6 is 0 Å². The van der Waals surface area contributed by atoms with Gasteiger partial charge < -0.3 is 0 Å². The molecule has 0 saturated carbocycles. The average molecular weight is 186 g/mol. The van der Waals surface area contributed by atoms with Crippen LogP contribution in [0.15, 0.2) is 12.7 Å². The first-order valence-corrected chi connectivity index (χ1v) is 5.27. The molecule has 0 aromatic carbocycles. The standard InChI is InChI=1S/C11H22O2/c1-3-5-6-7-8-9-11-13-12-10-4-2/h4H,2-3,5-11H2,1H3. The van der Waals surface area contributed by atoms with Crippen LogP contribution in [0, 0.1) is 0 Å². The molecule has 0 amide bonds. The highest BCUT2D eigenvalue weighted by molar-refractivity contribution is 4.62. The van der Waals surface area contributed by atoms with Crippen LogP contribution in [0.5, 0.6) is 0 Å². The molecule has 0 fully saturated rings. The van der Waals surface area contributed by atoms with E-state index in [2.05, 4.69) is 13.5 Å². The van der Waals surface area contributed by atoms with Gasteiger partial charge in [-0.1, -0.05) is 45.1 Å². The largest absolute Gasteiger partial charge is 0.236 e. The number of hydrogen-bond donors (Lipinski definition) is 0. The fraction of sp³-hybridized carbons (Fsp3) is 0.818. The SMILES string of the molecule is C=CCOOCCCCCCCC. The van der Waals surface area contributed by atoms with E-state index in [0.29, 0.717) is 13.2 Å². The van der Waals surface area contributed by atoms with E-state index in [0.717, 1.165) is 6.42 Å². The summed E-state index contributed by atoms with van der Waals surface area (Å²) in [5, 5.41) is 0. The molecule has 0 saturated heterocycles. The lowest BCUT2D eigenvalue weighted by Crippen LogP contribution is -1.96. The molecule has 0 rings (SSSR count). The molecule has 0 atom stereocenters. The Morgan fingerprint density at radius 3 is 2.38 bits per heavy atom. The molecule has 0 unspecified atom stereocenters. The fourth-order valence-corrected chi connectivity index (χ4v) is 1.10. The first-order chi connectivity index (χ1) is 6.41. The van der Waals surface area contributed by atoms with E-state index in [1.165, 1.54) is 32.1 Å². The van der Waals surface area contributed by atoms with Gasteiger partial charge in [-0.2, -0.15) is 0 Å². The highest BCUT2D eigenvalue weighted by Gasteiger charge is 1.90. The Labute approximate surface area is 81.9 Å². The summed E-state index contributed by atoms with van der Waals surface area (Å²) in [5.74, 6) is 0. The topological polar surface area (TPSA) is 18.5 Å². The highest BCUT2D eigenvalue weighted by atomic mass is 17.2. The second-order valence-electron chi connectivity index (χ2n) is 3.16. The highest BCUT2D eigenvalue weighted by Crippen LogP contribution is 2.04. The minimum absolute atomic E-state index is 0.482. The van der Waals surface area contributed by atoms with Gasteiger partial charge in [-0.3, -0.25) is 0 Å². The summed E-state index contributed by atoms with van der Waals surface area (Å²) in [5.41, 5.74) is 0. The van der Waals surface area contributed by atoms with Crippen LogP contribution in [0.2, 0.25) is 0 Å². The summed E-state index contributed by atoms with van der Waals surface area (Å²) < 4.78 is 0. The van der Waals surface area contributed by atoms with Crippen molar-refractivity contribution in [3.63, 3.8) is 0 Å². The van der Waals surface area contributed by atoms with Gasteiger partial charge in [0, 0.05) is 0 Å². The fourth-order valence-electron chi connectivity index (χ4n) is 1.10. The second-order valence-corrected chi connectivity index (χ2v) is 3.16. The molecule has 0 aromatic heterocycles. The molecular weight excluding hydrogens is 164 g/mol. The van der Waals surface area contributed by atoms with Gasteiger partial charge in [-0.25, -0.2) is 9.78 Å². The minimum Gasteiger partial charge on any atom is -0.236 e. The Morgan fingerprint density at radius 1 is 1.00 bits per heavy atom. The van der Waals surface area contributed by atoms with Gasteiger partial charge in [0.15, 0.2) is 0 Å². The van der Waals surface area contributed by atoms with E-state index in [1.54, 1.807) is 6.08 Å². The zero-order valence-electron chi connectivity index (χ0n) is 8.76. The lowest BCUT2D eigenvalue weighted by molar-refractivity contribution is -0.286. The van der Waals surface area contributed by atoms with E-state index in [4.69, 9.17) is 9.78 Å². The van der Waals surface area contributed by atoms with Crippen LogP contribution in [0.4, 0.5) is 0 Å². The summed E-state index contributed by atoms with van der Waals surface area (Å²) in [6, 6.07) is 0. The number of unbranched alkanes of at least 4 members (excludes halogenated alkanes) is 5. The quantitative estimate of drug-likeness (QED) is 0.225. The van der Waals surface area contributed by atoms with Gasteiger partial charge in [-0.15, -0.1) is 6.58 Å². The van der Waals surface area contributed by atoms with E-state index in [-0.39, 0.29) is 0 Å². The van der Waals surface area contributed by atoms with Crippen molar-refractivity contribution in [1.82, 2.24) is 0 Å². The Bertz CT molecular complexity index is 102. The summed E-state index contributed by atoms with van der Waals surface area (Å²) in [6.07, 6.45) is 9.36. The van der Waals surface area contributed by atoms with Crippen LogP contribution in [0.25, 0.3) is 0 Å². The molecule has 0 heterocycles. The molecule has 0 aliphatic carbocycles. The van der Waals surface area contributed by atoms with Crippen molar-refractivity contribution >= 4 is 0 Å². The molecule has 2 heteroatoms. The van der Waals surface area contributed by atoms with Gasteiger partial charge >= 0.3 is 0 Å². The Balaban J connectivity index is 2.79. The molecule has 0 aliphatic rings. The van der Waals surface area contributed by atoms with E-state index >= 15 is 0 Å². The molecule has 0 aromatic rings. The third-order valence-corrected chi connectivity index (χ3v) is 1.85. The lowest BCUT2D eigenvalue weighted by Gasteiger charge is -2.01. The van der Waals surface area contributed by atoms with E-state index in [9.17, 15) is 0 Å². The van der Waals surface area contributed by atoms with Crippen molar-refractivity contribution in [2.24, 2.45) is 0 Å². The molecule has 0 radical (unpaired) electrons. The normalized spacial score (nSPS) is 10.2. The summed E-state index contributed by atoms with van der Waals surface area (Å²) in [6.45, 7) is 6.94. The molecule has 0 aliphatic heterocycles. The summed E-state index contributed by atoms with van der Waals surface area (Å²) >= 11 is 0. The van der Waals surface area contributed by atoms with Crippen LogP contribution in [0.1, 0.15) is 45.4 Å². The van der Waals surface area contributed by atoms with Crippen LogP contribution in [0.3, 0.4) is 0 Å². The van der Waals surface area contributed by atoms with Crippen molar-refractivity contribution in [1.29, 1.82) is 0 Å². The molecule has 78 valence electrons. The first-order valence-electron chi connectivity index (χ1n) is 5.27. The smallest absolute Gasteiger partial charge is 0.100 e. The Kier molecular flexibility index (Phi) is 11.4. The van der Waals surface area contributed by atoms with Crippen molar-refractivity contribution in [2.45, 2.75) is 45.4 Å². The van der Waals surface area contributed by atoms with Gasteiger partial charge in [0.05, 0.1) is 6.61 Å². The predicted molar refractivity (Wildman–Crippen MR) is 55.5 cm³/mol. The van der Waals surface area contributed by atoms with Crippen LogP contribution < -0.4 is 0 Å². The van der Waals surface area contributed by atoms with Crippen molar-refractivity contribution in [3.8, 4) is 0 Å². The third-order valence-electron chi connectivity index (χ3n) is 1.85. The number of rotatable bonds is 10. The minimum atomic E-state index is 0.482. The van der Waals surface area contributed by atoms with Crippen molar-refractivity contribution < 1.29 is 9.78 Å². The van der Waals surface area contributed by atoms with Crippen LogP contribution in [-0.2, 0) is 9.78 Å². The van der Waals surface area contributed by atoms with Crippen LogP contribution in [-0.4, -0.2) is 13.2 Å². The van der Waals surface area contributed by atoms with Gasteiger partial charge in [0.1, 0.15) is 6.61 Å². The zero-order chi connectivity index (χ0) is 9.78. The third kappa shape index (κ3) is 11.7. The average Bonchev–Trinajstić information content (AvgIpc) is 2.16. The maximum Gasteiger partial charge on any atom is 0.100 e.